The fourth-order valence-electron chi connectivity index (χ4n) is 0.968. The van der Waals surface area contributed by atoms with Gasteiger partial charge >= 0.3 is 12.1 Å². The second-order valence-corrected chi connectivity index (χ2v) is 4.67. The molecule has 0 aromatic heterocycles. The van der Waals surface area contributed by atoms with Crippen LogP contribution in [-0.2, 0) is 19.2 Å². The molecule has 0 rings (SSSR count). The van der Waals surface area contributed by atoms with Crippen molar-refractivity contribution in [1.29, 1.82) is 0 Å². The molecule has 0 radical (unpaired) electrons. The van der Waals surface area contributed by atoms with Gasteiger partial charge in [-0.2, -0.15) is 4.89 Å². The van der Waals surface area contributed by atoms with Gasteiger partial charge in [0.2, 0.25) is 0 Å². The summed E-state index contributed by atoms with van der Waals surface area (Å²) in [5, 5.41) is 8.71. The van der Waals surface area contributed by atoms with Crippen molar-refractivity contribution in [3.8, 4) is 0 Å². The molecule has 0 spiro atoms. The van der Waals surface area contributed by atoms with E-state index in [-0.39, 0.29) is 6.42 Å². The standard InChI is InChI=1S/C12H22O6/c1-7-11(4,5)17-18-12(15-6,8-9(2)3)16-10(13)14/h2,7-8H2,1,3-6H3,(H,13,14). The molecule has 18 heavy (non-hydrogen) atoms. The van der Waals surface area contributed by atoms with Crippen LogP contribution >= 0.6 is 0 Å². The van der Waals surface area contributed by atoms with Crippen LogP contribution in [0.1, 0.15) is 40.5 Å². The van der Waals surface area contributed by atoms with Crippen LogP contribution in [0.2, 0.25) is 0 Å². The van der Waals surface area contributed by atoms with Gasteiger partial charge in [-0.3, -0.25) is 0 Å². The zero-order valence-electron chi connectivity index (χ0n) is 11.6. The minimum atomic E-state index is -1.83. The average molecular weight is 262 g/mol. The van der Waals surface area contributed by atoms with Gasteiger partial charge in [-0.25, -0.2) is 9.68 Å². The highest BCUT2D eigenvalue weighted by Crippen LogP contribution is 2.27. The van der Waals surface area contributed by atoms with Crippen molar-refractivity contribution in [2.24, 2.45) is 0 Å². The van der Waals surface area contributed by atoms with Gasteiger partial charge in [0.1, 0.15) is 0 Å². The highest BCUT2D eigenvalue weighted by atomic mass is 17.3. The molecule has 1 N–H and O–H groups in total. The molecule has 0 aliphatic heterocycles. The minimum absolute atomic E-state index is 0.0373. The highest BCUT2D eigenvalue weighted by molar-refractivity contribution is 5.57. The summed E-state index contributed by atoms with van der Waals surface area (Å²) in [6.45, 7) is 10.9. The van der Waals surface area contributed by atoms with Gasteiger partial charge in [0.05, 0.1) is 12.0 Å². The molecule has 0 aromatic carbocycles. The zero-order valence-corrected chi connectivity index (χ0v) is 11.6. The Morgan fingerprint density at radius 3 is 2.22 bits per heavy atom. The molecule has 0 saturated carbocycles. The molecule has 0 fully saturated rings. The summed E-state index contributed by atoms with van der Waals surface area (Å²) in [6.07, 6.45) is -0.807. The largest absolute Gasteiger partial charge is 0.510 e. The Labute approximate surface area is 107 Å². The molecule has 0 amide bonds. The monoisotopic (exact) mass is 262 g/mol. The molecule has 6 nitrogen and oxygen atoms in total. The molecule has 0 heterocycles. The number of hydrogen-bond acceptors (Lipinski definition) is 5. The van der Waals surface area contributed by atoms with Crippen LogP contribution in [0.4, 0.5) is 4.79 Å². The first-order valence-electron chi connectivity index (χ1n) is 5.64. The fraction of sp³-hybridized carbons (Fsp3) is 0.750. The topological polar surface area (TPSA) is 74.2 Å². The lowest BCUT2D eigenvalue weighted by atomic mass is 10.1. The lowest BCUT2D eigenvalue weighted by Gasteiger charge is -2.32. The van der Waals surface area contributed by atoms with Crippen LogP contribution in [0.15, 0.2) is 12.2 Å². The lowest BCUT2D eigenvalue weighted by molar-refractivity contribution is -0.513. The van der Waals surface area contributed by atoms with E-state index < -0.39 is 17.7 Å². The summed E-state index contributed by atoms with van der Waals surface area (Å²) >= 11 is 0. The highest BCUT2D eigenvalue weighted by Gasteiger charge is 2.39. The van der Waals surface area contributed by atoms with Crippen LogP contribution < -0.4 is 0 Å². The van der Waals surface area contributed by atoms with Gasteiger partial charge in [-0.05, 0) is 27.2 Å². The van der Waals surface area contributed by atoms with E-state index in [0.717, 1.165) is 0 Å². The predicted molar refractivity (Wildman–Crippen MR) is 64.8 cm³/mol. The van der Waals surface area contributed by atoms with E-state index in [4.69, 9.17) is 19.6 Å². The van der Waals surface area contributed by atoms with Crippen molar-refractivity contribution >= 4 is 6.16 Å². The van der Waals surface area contributed by atoms with Crippen molar-refractivity contribution in [2.75, 3.05) is 7.11 Å². The Bertz CT molecular complexity index is 281. The molecule has 1 unspecified atom stereocenters. The summed E-state index contributed by atoms with van der Waals surface area (Å²) in [7, 11) is 1.27. The van der Waals surface area contributed by atoms with Crippen LogP contribution in [0.25, 0.3) is 0 Å². The third-order valence-corrected chi connectivity index (χ3v) is 2.32. The van der Waals surface area contributed by atoms with Crippen LogP contribution in [0, 0.1) is 0 Å². The smallest absolute Gasteiger partial charge is 0.450 e. The van der Waals surface area contributed by atoms with Crippen molar-refractivity contribution in [3.63, 3.8) is 0 Å². The normalized spacial score (nSPS) is 14.9. The maximum Gasteiger partial charge on any atom is 0.510 e. The van der Waals surface area contributed by atoms with Gasteiger partial charge in [-0.15, -0.1) is 0 Å². The molecule has 0 aliphatic rings. The Morgan fingerprint density at radius 1 is 1.33 bits per heavy atom. The molecule has 0 saturated heterocycles. The summed E-state index contributed by atoms with van der Waals surface area (Å²) in [5.41, 5.74) is 0.0526. The molecular weight excluding hydrogens is 240 g/mol. The Hall–Kier alpha value is -1.11. The second kappa shape index (κ2) is 6.72. The second-order valence-electron chi connectivity index (χ2n) is 4.67. The maximum absolute atomic E-state index is 10.7. The molecule has 0 aliphatic carbocycles. The van der Waals surface area contributed by atoms with E-state index in [9.17, 15) is 4.79 Å². The van der Waals surface area contributed by atoms with E-state index in [2.05, 4.69) is 11.3 Å². The summed E-state index contributed by atoms with van der Waals surface area (Å²) < 4.78 is 9.61. The maximum atomic E-state index is 10.7. The molecule has 106 valence electrons. The van der Waals surface area contributed by atoms with E-state index in [0.29, 0.717) is 12.0 Å². The van der Waals surface area contributed by atoms with Crippen LogP contribution in [-0.4, -0.2) is 29.9 Å². The number of methoxy groups -OCH3 is 1. The first-order chi connectivity index (χ1) is 8.16. The SMILES string of the molecule is C=C(C)CC(OC)(OOC(C)(C)CC)OC(=O)O. The summed E-state index contributed by atoms with van der Waals surface area (Å²) in [4.78, 5) is 20.9. The molecule has 6 heteroatoms. The minimum Gasteiger partial charge on any atom is -0.450 e. The third kappa shape index (κ3) is 6.00. The fourth-order valence-corrected chi connectivity index (χ4v) is 0.968. The number of ether oxygens (including phenoxy) is 2. The zero-order chi connectivity index (χ0) is 14.4. The number of rotatable bonds is 8. The van der Waals surface area contributed by atoms with E-state index in [1.165, 1.54) is 7.11 Å². The van der Waals surface area contributed by atoms with Gasteiger partial charge < -0.3 is 14.6 Å². The molecule has 1 atom stereocenters. The van der Waals surface area contributed by atoms with Crippen LogP contribution in [0.5, 0.6) is 0 Å². The molecule has 0 aromatic rings. The van der Waals surface area contributed by atoms with Gasteiger partial charge in [0, 0.05) is 7.11 Å². The van der Waals surface area contributed by atoms with Gasteiger partial charge in [-0.1, -0.05) is 19.1 Å². The molecular formula is C12H22O6. The van der Waals surface area contributed by atoms with Gasteiger partial charge in [0.25, 0.3) is 0 Å². The Morgan fingerprint density at radius 2 is 1.89 bits per heavy atom. The summed E-state index contributed by atoms with van der Waals surface area (Å²) in [6, 6.07) is 0. The summed E-state index contributed by atoms with van der Waals surface area (Å²) in [5.74, 6) is -1.83. The number of hydrogen-bond donors (Lipinski definition) is 1. The van der Waals surface area contributed by atoms with E-state index in [1.807, 2.05) is 6.92 Å². The number of carboxylic acid groups (broad SMARTS) is 1. The Kier molecular flexibility index (Phi) is 6.31. The Balaban J connectivity index is 4.83. The van der Waals surface area contributed by atoms with E-state index in [1.54, 1.807) is 20.8 Å². The van der Waals surface area contributed by atoms with Crippen molar-refractivity contribution < 1.29 is 29.1 Å². The number of carbonyl (C=O) groups is 1. The van der Waals surface area contributed by atoms with E-state index >= 15 is 0 Å². The van der Waals surface area contributed by atoms with Crippen molar-refractivity contribution in [3.05, 3.63) is 12.2 Å². The first-order valence-corrected chi connectivity index (χ1v) is 5.64. The average Bonchev–Trinajstić information content (AvgIpc) is 2.24. The van der Waals surface area contributed by atoms with Crippen molar-refractivity contribution in [2.45, 2.75) is 52.1 Å². The van der Waals surface area contributed by atoms with Gasteiger partial charge in [0.15, 0.2) is 0 Å². The van der Waals surface area contributed by atoms with Crippen LogP contribution in [0.3, 0.4) is 0 Å². The first kappa shape index (κ1) is 16.9. The third-order valence-electron chi connectivity index (χ3n) is 2.32. The quantitative estimate of drug-likeness (QED) is 0.238. The lowest BCUT2D eigenvalue weighted by Crippen LogP contribution is -2.42. The predicted octanol–water partition coefficient (Wildman–Crippen LogP) is 3.08. The van der Waals surface area contributed by atoms with Crippen molar-refractivity contribution in [1.82, 2.24) is 0 Å². The molecule has 0 bridgehead atoms.